The third-order valence-corrected chi connectivity index (χ3v) is 4.64. The zero-order chi connectivity index (χ0) is 19.4. The first-order chi connectivity index (χ1) is 12.9. The second kappa shape index (κ2) is 8.18. The predicted molar refractivity (Wildman–Crippen MR) is 98.9 cm³/mol. The standard InChI is InChI=1S/C19H18ClN3O4/c20-13-6-4-12(5-7-13)11-23-15(8-9-17(23)25)18(26)19(27)21-10-14-2-1-3-16(24)22-14/h1-7,15H,8-11H2,(H,21,27)(H,22,24). The van der Waals surface area contributed by atoms with Gasteiger partial charge in [-0.15, -0.1) is 0 Å². The van der Waals surface area contributed by atoms with Crippen LogP contribution in [0.2, 0.25) is 5.02 Å². The van der Waals surface area contributed by atoms with Crippen LogP contribution in [0.5, 0.6) is 0 Å². The molecule has 0 bridgehead atoms. The van der Waals surface area contributed by atoms with Crippen LogP contribution in [0, 0.1) is 0 Å². The van der Waals surface area contributed by atoms with E-state index in [0.29, 0.717) is 17.1 Å². The maximum atomic E-state index is 12.5. The van der Waals surface area contributed by atoms with Gasteiger partial charge in [-0.1, -0.05) is 29.8 Å². The summed E-state index contributed by atoms with van der Waals surface area (Å²) in [6.45, 7) is 0.268. The largest absolute Gasteiger partial charge is 0.344 e. The average Bonchev–Trinajstić information content (AvgIpc) is 3.01. The Morgan fingerprint density at radius 3 is 2.59 bits per heavy atom. The lowest BCUT2D eigenvalue weighted by Gasteiger charge is -2.23. The molecule has 0 aliphatic carbocycles. The quantitative estimate of drug-likeness (QED) is 0.732. The minimum atomic E-state index is -0.789. The number of Topliss-reactive ketones (excluding diaryl/α,β-unsaturated/α-hetero) is 1. The number of amides is 2. The highest BCUT2D eigenvalue weighted by molar-refractivity contribution is 6.38. The molecular formula is C19H18ClN3O4. The van der Waals surface area contributed by atoms with Crippen molar-refractivity contribution in [2.45, 2.75) is 32.0 Å². The Balaban J connectivity index is 1.64. The highest BCUT2D eigenvalue weighted by Gasteiger charge is 2.38. The number of aromatic nitrogens is 1. The molecule has 0 spiro atoms. The third kappa shape index (κ3) is 4.62. The molecule has 2 aromatic rings. The summed E-state index contributed by atoms with van der Waals surface area (Å²) >= 11 is 5.86. The highest BCUT2D eigenvalue weighted by atomic mass is 35.5. The molecule has 1 fully saturated rings. The van der Waals surface area contributed by atoms with Gasteiger partial charge in [0.15, 0.2) is 0 Å². The van der Waals surface area contributed by atoms with Crippen molar-refractivity contribution in [1.29, 1.82) is 0 Å². The molecule has 2 heterocycles. The summed E-state index contributed by atoms with van der Waals surface area (Å²) in [5.41, 5.74) is 1.03. The first kappa shape index (κ1) is 18.8. The van der Waals surface area contributed by atoms with Gasteiger partial charge in [-0.05, 0) is 30.2 Å². The molecule has 8 heteroatoms. The first-order valence-electron chi connectivity index (χ1n) is 8.48. The molecule has 27 heavy (non-hydrogen) atoms. The van der Waals surface area contributed by atoms with Gasteiger partial charge < -0.3 is 15.2 Å². The number of nitrogens with one attached hydrogen (secondary N) is 2. The van der Waals surface area contributed by atoms with Crippen LogP contribution < -0.4 is 10.9 Å². The summed E-state index contributed by atoms with van der Waals surface area (Å²) in [5, 5.41) is 3.08. The molecule has 1 saturated heterocycles. The number of ketones is 1. The molecule has 0 saturated carbocycles. The second-order valence-corrected chi connectivity index (χ2v) is 6.73. The maximum Gasteiger partial charge on any atom is 0.289 e. The minimum absolute atomic E-state index is 0.0263. The molecule has 2 amide bonds. The Morgan fingerprint density at radius 2 is 1.89 bits per heavy atom. The fraction of sp³-hybridized carbons (Fsp3) is 0.263. The number of nitrogens with zero attached hydrogens (tertiary/aromatic N) is 1. The topological polar surface area (TPSA) is 99.3 Å². The lowest BCUT2D eigenvalue weighted by molar-refractivity contribution is -0.143. The molecule has 1 aromatic carbocycles. The summed E-state index contributed by atoms with van der Waals surface area (Å²) in [6, 6.07) is 10.7. The van der Waals surface area contributed by atoms with Gasteiger partial charge in [0.1, 0.15) is 6.04 Å². The van der Waals surface area contributed by atoms with Crippen LogP contribution >= 0.6 is 11.6 Å². The third-order valence-electron chi connectivity index (χ3n) is 4.39. The van der Waals surface area contributed by atoms with E-state index >= 15 is 0 Å². The van der Waals surface area contributed by atoms with Crippen LogP contribution in [0.3, 0.4) is 0 Å². The fourth-order valence-electron chi connectivity index (χ4n) is 3.00. The molecule has 1 aliphatic heterocycles. The number of carbonyl (C=O) groups is 3. The number of likely N-dealkylation sites (tertiary alicyclic amines) is 1. The molecule has 3 rings (SSSR count). The van der Waals surface area contributed by atoms with E-state index in [1.807, 2.05) is 0 Å². The van der Waals surface area contributed by atoms with Crippen LogP contribution in [0.4, 0.5) is 0 Å². The Morgan fingerprint density at radius 1 is 1.15 bits per heavy atom. The van der Waals surface area contributed by atoms with Crippen LogP contribution in [-0.4, -0.2) is 33.5 Å². The zero-order valence-electron chi connectivity index (χ0n) is 14.4. The smallest absolute Gasteiger partial charge is 0.289 e. The van der Waals surface area contributed by atoms with Gasteiger partial charge in [-0.2, -0.15) is 0 Å². The minimum Gasteiger partial charge on any atom is -0.344 e. The van der Waals surface area contributed by atoms with Crippen molar-refractivity contribution >= 4 is 29.2 Å². The summed E-state index contributed by atoms with van der Waals surface area (Å²) in [7, 11) is 0. The monoisotopic (exact) mass is 387 g/mol. The molecule has 1 aromatic heterocycles. The van der Waals surface area contributed by atoms with Gasteiger partial charge >= 0.3 is 0 Å². The van der Waals surface area contributed by atoms with E-state index < -0.39 is 17.7 Å². The van der Waals surface area contributed by atoms with Crippen molar-refractivity contribution in [2.24, 2.45) is 0 Å². The Labute approximate surface area is 160 Å². The van der Waals surface area contributed by atoms with Gasteiger partial charge in [0.2, 0.25) is 17.2 Å². The number of rotatable bonds is 6. The number of carbonyl (C=O) groups excluding carboxylic acids is 3. The summed E-state index contributed by atoms with van der Waals surface area (Å²) in [6.07, 6.45) is 0.532. The highest BCUT2D eigenvalue weighted by Crippen LogP contribution is 2.23. The zero-order valence-corrected chi connectivity index (χ0v) is 15.2. The number of benzene rings is 1. The van der Waals surface area contributed by atoms with Gasteiger partial charge in [-0.25, -0.2) is 0 Å². The maximum absolute atomic E-state index is 12.5. The molecule has 140 valence electrons. The van der Waals surface area contributed by atoms with Crippen molar-refractivity contribution in [1.82, 2.24) is 15.2 Å². The van der Waals surface area contributed by atoms with E-state index in [1.165, 1.54) is 11.0 Å². The molecule has 2 N–H and O–H groups in total. The Bertz CT molecular complexity index is 923. The number of H-pyrrole nitrogens is 1. The Hall–Kier alpha value is -2.93. The van der Waals surface area contributed by atoms with Gasteiger partial charge in [0.05, 0.1) is 6.54 Å². The van der Waals surface area contributed by atoms with E-state index in [1.54, 1.807) is 36.4 Å². The van der Waals surface area contributed by atoms with Gasteiger partial charge in [-0.3, -0.25) is 19.2 Å². The number of halogens is 1. The van der Waals surface area contributed by atoms with Crippen LogP contribution in [0.15, 0.2) is 47.3 Å². The van der Waals surface area contributed by atoms with Crippen molar-refractivity contribution < 1.29 is 14.4 Å². The second-order valence-electron chi connectivity index (χ2n) is 6.29. The number of hydrogen-bond donors (Lipinski definition) is 2. The SMILES string of the molecule is O=C(NCc1cccc(=O)[nH]1)C(=O)C1CCC(=O)N1Cc1ccc(Cl)cc1. The van der Waals surface area contributed by atoms with E-state index in [-0.39, 0.29) is 31.0 Å². The van der Waals surface area contributed by atoms with Crippen molar-refractivity contribution in [3.63, 3.8) is 0 Å². The normalized spacial score (nSPS) is 16.4. The molecule has 1 atom stereocenters. The lowest BCUT2D eigenvalue weighted by atomic mass is 10.1. The lowest BCUT2D eigenvalue weighted by Crippen LogP contribution is -2.45. The fourth-order valence-corrected chi connectivity index (χ4v) is 3.13. The molecule has 1 aliphatic rings. The molecular weight excluding hydrogens is 370 g/mol. The van der Waals surface area contributed by atoms with Gasteiger partial charge in [0, 0.05) is 29.7 Å². The van der Waals surface area contributed by atoms with Crippen molar-refractivity contribution in [2.75, 3.05) is 0 Å². The van der Waals surface area contributed by atoms with Crippen molar-refractivity contribution in [3.05, 3.63) is 69.1 Å². The predicted octanol–water partition coefficient (Wildman–Crippen LogP) is 1.40. The number of aromatic amines is 1. The first-order valence-corrected chi connectivity index (χ1v) is 8.86. The van der Waals surface area contributed by atoms with Crippen LogP contribution in [0.25, 0.3) is 0 Å². The van der Waals surface area contributed by atoms with E-state index in [4.69, 9.17) is 11.6 Å². The number of hydrogen-bond acceptors (Lipinski definition) is 4. The molecule has 1 unspecified atom stereocenters. The molecule has 0 radical (unpaired) electrons. The van der Waals surface area contributed by atoms with Crippen LogP contribution in [0.1, 0.15) is 24.1 Å². The van der Waals surface area contributed by atoms with E-state index in [9.17, 15) is 19.2 Å². The van der Waals surface area contributed by atoms with E-state index in [0.717, 1.165) is 5.56 Å². The molecule has 7 nitrogen and oxygen atoms in total. The average molecular weight is 388 g/mol. The Kier molecular flexibility index (Phi) is 5.71. The van der Waals surface area contributed by atoms with Gasteiger partial charge in [0.25, 0.3) is 5.91 Å². The summed E-state index contributed by atoms with van der Waals surface area (Å²) < 4.78 is 0. The summed E-state index contributed by atoms with van der Waals surface area (Å²) in [5.74, 6) is -1.60. The van der Waals surface area contributed by atoms with E-state index in [2.05, 4.69) is 10.3 Å². The summed E-state index contributed by atoms with van der Waals surface area (Å²) in [4.78, 5) is 52.2. The van der Waals surface area contributed by atoms with Crippen LogP contribution in [-0.2, 0) is 27.5 Å². The van der Waals surface area contributed by atoms with Crippen molar-refractivity contribution in [3.8, 4) is 0 Å². The number of pyridine rings is 1.